The molecular weight excluding hydrogens is 340 g/mol. The van der Waals surface area contributed by atoms with Crippen LogP contribution in [0.25, 0.3) is 11.5 Å². The predicted molar refractivity (Wildman–Crippen MR) is 93.6 cm³/mol. The third kappa shape index (κ3) is 3.38. The van der Waals surface area contributed by atoms with Gasteiger partial charge in [0.2, 0.25) is 27.5 Å². The van der Waals surface area contributed by atoms with E-state index in [1.165, 1.54) is 32.6 Å². The zero-order valence-corrected chi connectivity index (χ0v) is 15.1. The number of nitrogens with zero attached hydrogens (tertiary/aromatic N) is 4. The highest BCUT2D eigenvalue weighted by Crippen LogP contribution is 2.30. The summed E-state index contributed by atoms with van der Waals surface area (Å²) in [6.45, 7) is 1.70. The van der Waals surface area contributed by atoms with Crippen molar-refractivity contribution in [1.82, 2.24) is 9.29 Å². The van der Waals surface area contributed by atoms with Crippen LogP contribution in [0, 0.1) is 11.3 Å². The van der Waals surface area contributed by atoms with Crippen LogP contribution in [0.4, 0.5) is 5.88 Å². The summed E-state index contributed by atoms with van der Waals surface area (Å²) in [7, 11) is -0.504. The SMILES string of the molecule is CN(C)S(=O)(=O)c1ccc(-c2nc(C#N)c(N3CCCCC3)o2)cc1. The zero-order chi connectivity index (χ0) is 18.0. The Bertz CT molecular complexity index is 889. The molecule has 25 heavy (non-hydrogen) atoms. The van der Waals surface area contributed by atoms with E-state index in [2.05, 4.69) is 11.1 Å². The highest BCUT2D eigenvalue weighted by atomic mass is 32.2. The van der Waals surface area contributed by atoms with E-state index in [1.54, 1.807) is 12.1 Å². The lowest BCUT2D eigenvalue weighted by Crippen LogP contribution is -2.29. The van der Waals surface area contributed by atoms with Crippen molar-refractivity contribution in [2.24, 2.45) is 0 Å². The summed E-state index contributed by atoms with van der Waals surface area (Å²) in [5.41, 5.74) is 0.902. The highest BCUT2D eigenvalue weighted by molar-refractivity contribution is 7.89. The Labute approximate surface area is 147 Å². The van der Waals surface area contributed by atoms with Crippen molar-refractivity contribution in [2.45, 2.75) is 24.2 Å². The monoisotopic (exact) mass is 360 g/mol. The summed E-state index contributed by atoms with van der Waals surface area (Å²) in [5, 5.41) is 9.34. The summed E-state index contributed by atoms with van der Waals surface area (Å²) < 4.78 is 31.3. The van der Waals surface area contributed by atoms with Crippen molar-refractivity contribution in [3.8, 4) is 17.5 Å². The maximum Gasteiger partial charge on any atom is 0.242 e. The minimum atomic E-state index is -3.48. The smallest absolute Gasteiger partial charge is 0.242 e. The number of nitriles is 1. The van der Waals surface area contributed by atoms with Gasteiger partial charge in [-0.2, -0.15) is 10.2 Å². The molecule has 2 heterocycles. The molecule has 1 aliphatic heterocycles. The molecule has 1 fully saturated rings. The number of aromatic nitrogens is 1. The number of anilines is 1. The van der Waals surface area contributed by atoms with Crippen LogP contribution in [0.5, 0.6) is 0 Å². The fraction of sp³-hybridized carbons (Fsp3) is 0.412. The van der Waals surface area contributed by atoms with Gasteiger partial charge in [0.05, 0.1) is 4.90 Å². The summed E-state index contributed by atoms with van der Waals surface area (Å²) in [4.78, 5) is 6.52. The van der Waals surface area contributed by atoms with E-state index in [4.69, 9.17) is 4.42 Å². The van der Waals surface area contributed by atoms with Crippen molar-refractivity contribution in [2.75, 3.05) is 32.1 Å². The number of sulfonamides is 1. The first-order valence-corrected chi connectivity index (χ1v) is 9.56. The minimum absolute atomic E-state index is 0.199. The summed E-state index contributed by atoms with van der Waals surface area (Å²) in [6, 6.07) is 8.40. The lowest BCUT2D eigenvalue weighted by molar-refractivity contribution is 0.504. The van der Waals surface area contributed by atoms with Crippen molar-refractivity contribution in [3.63, 3.8) is 0 Å². The Hall–Kier alpha value is -2.37. The number of rotatable bonds is 4. The lowest BCUT2D eigenvalue weighted by atomic mass is 10.1. The summed E-state index contributed by atoms with van der Waals surface area (Å²) in [6.07, 6.45) is 3.32. The molecule has 8 heteroatoms. The molecule has 1 aliphatic rings. The van der Waals surface area contributed by atoms with Crippen LogP contribution < -0.4 is 4.90 Å². The van der Waals surface area contributed by atoms with Crippen LogP contribution in [0.1, 0.15) is 25.0 Å². The average molecular weight is 360 g/mol. The van der Waals surface area contributed by atoms with E-state index in [1.807, 2.05) is 4.90 Å². The Kier molecular flexibility index (Phi) is 4.79. The second-order valence-electron chi connectivity index (χ2n) is 6.14. The van der Waals surface area contributed by atoms with Crippen LogP contribution in [-0.4, -0.2) is 44.9 Å². The number of benzene rings is 1. The van der Waals surface area contributed by atoms with E-state index in [9.17, 15) is 13.7 Å². The van der Waals surface area contributed by atoms with Crippen LogP contribution in [0.3, 0.4) is 0 Å². The Morgan fingerprint density at radius 3 is 2.36 bits per heavy atom. The first kappa shape index (κ1) is 17.5. The molecule has 0 N–H and O–H groups in total. The largest absolute Gasteiger partial charge is 0.419 e. The second kappa shape index (κ2) is 6.86. The molecule has 0 radical (unpaired) electrons. The average Bonchev–Trinajstić information content (AvgIpc) is 3.07. The molecular formula is C17H20N4O3S. The Morgan fingerprint density at radius 1 is 1.16 bits per heavy atom. The molecule has 0 atom stereocenters. The highest BCUT2D eigenvalue weighted by Gasteiger charge is 2.22. The van der Waals surface area contributed by atoms with Gasteiger partial charge in [-0.05, 0) is 43.5 Å². The molecule has 0 saturated carbocycles. The molecule has 2 aromatic rings. The van der Waals surface area contributed by atoms with E-state index < -0.39 is 10.0 Å². The van der Waals surface area contributed by atoms with Gasteiger partial charge >= 0.3 is 0 Å². The quantitative estimate of drug-likeness (QED) is 0.832. The van der Waals surface area contributed by atoms with E-state index in [0.29, 0.717) is 17.3 Å². The topological polar surface area (TPSA) is 90.4 Å². The molecule has 7 nitrogen and oxygen atoms in total. The maximum atomic E-state index is 12.1. The van der Waals surface area contributed by atoms with E-state index in [-0.39, 0.29) is 10.6 Å². The van der Waals surface area contributed by atoms with E-state index >= 15 is 0 Å². The third-order valence-electron chi connectivity index (χ3n) is 4.24. The van der Waals surface area contributed by atoms with Gasteiger partial charge in [0.25, 0.3) is 0 Å². The van der Waals surface area contributed by atoms with Crippen molar-refractivity contribution < 1.29 is 12.8 Å². The Balaban J connectivity index is 1.92. The normalized spacial score (nSPS) is 15.4. The molecule has 0 unspecified atom stereocenters. The standard InChI is InChI=1S/C17H20N4O3S/c1-20(2)25(22,23)14-8-6-13(7-9-14)16-19-15(12-18)17(24-16)21-10-4-3-5-11-21/h6-9H,3-5,10-11H2,1-2H3. The molecule has 0 bridgehead atoms. The lowest BCUT2D eigenvalue weighted by Gasteiger charge is -2.25. The fourth-order valence-electron chi connectivity index (χ4n) is 2.80. The van der Waals surface area contributed by atoms with Gasteiger partial charge in [0.1, 0.15) is 6.07 Å². The van der Waals surface area contributed by atoms with Crippen LogP contribution in [0.2, 0.25) is 0 Å². The van der Waals surface area contributed by atoms with Crippen molar-refractivity contribution >= 4 is 15.9 Å². The van der Waals surface area contributed by atoms with Gasteiger partial charge in [-0.15, -0.1) is 0 Å². The first-order valence-electron chi connectivity index (χ1n) is 8.12. The molecule has 3 rings (SSSR count). The number of hydrogen-bond donors (Lipinski definition) is 0. The number of piperidine rings is 1. The van der Waals surface area contributed by atoms with Crippen molar-refractivity contribution in [3.05, 3.63) is 30.0 Å². The fourth-order valence-corrected chi connectivity index (χ4v) is 3.70. The van der Waals surface area contributed by atoms with Crippen molar-refractivity contribution in [1.29, 1.82) is 5.26 Å². The predicted octanol–water partition coefficient (Wildman–Crippen LogP) is 2.45. The summed E-state index contributed by atoms with van der Waals surface area (Å²) in [5.74, 6) is 0.827. The third-order valence-corrected chi connectivity index (χ3v) is 6.07. The van der Waals surface area contributed by atoms with Gasteiger partial charge < -0.3 is 9.32 Å². The number of hydrogen-bond acceptors (Lipinski definition) is 6. The Morgan fingerprint density at radius 2 is 1.80 bits per heavy atom. The van der Waals surface area contributed by atoms with Crippen LogP contribution in [-0.2, 0) is 10.0 Å². The van der Waals surface area contributed by atoms with Gasteiger partial charge in [0, 0.05) is 32.7 Å². The minimum Gasteiger partial charge on any atom is -0.419 e. The van der Waals surface area contributed by atoms with Gasteiger partial charge in [-0.3, -0.25) is 0 Å². The first-order chi connectivity index (χ1) is 11.9. The van der Waals surface area contributed by atoms with E-state index in [0.717, 1.165) is 30.2 Å². The molecule has 1 aromatic heterocycles. The molecule has 0 aliphatic carbocycles. The number of oxazole rings is 1. The molecule has 0 amide bonds. The van der Waals surface area contributed by atoms with Gasteiger partial charge in [0.15, 0.2) is 0 Å². The molecule has 0 spiro atoms. The maximum absolute atomic E-state index is 12.1. The molecule has 1 saturated heterocycles. The van der Waals surface area contributed by atoms with Crippen LogP contribution >= 0.6 is 0 Å². The van der Waals surface area contributed by atoms with Crippen LogP contribution in [0.15, 0.2) is 33.6 Å². The molecule has 132 valence electrons. The second-order valence-corrected chi connectivity index (χ2v) is 8.30. The molecule has 1 aromatic carbocycles. The zero-order valence-electron chi connectivity index (χ0n) is 14.3. The van der Waals surface area contributed by atoms with Gasteiger partial charge in [-0.25, -0.2) is 12.7 Å². The van der Waals surface area contributed by atoms with Gasteiger partial charge in [-0.1, -0.05) is 0 Å². The summed E-state index contributed by atoms with van der Waals surface area (Å²) >= 11 is 0.